The first-order valence-electron chi connectivity index (χ1n) is 19.8. The zero-order valence-electron chi connectivity index (χ0n) is 29.9. The molecular weight excluding hydrogens is 544 g/mol. The van der Waals surface area contributed by atoms with Crippen LogP contribution in [-0.2, 0) is 14.3 Å². The fourth-order valence-corrected chi connectivity index (χ4v) is 5.85. The lowest BCUT2D eigenvalue weighted by atomic mass is 10.0. The highest BCUT2D eigenvalue weighted by atomic mass is 16.6. The number of aliphatic hydroxyl groups excluding tert-OH is 1. The molecule has 0 aromatic rings. The lowest BCUT2D eigenvalue weighted by Gasteiger charge is -2.15. The summed E-state index contributed by atoms with van der Waals surface area (Å²) in [5, 5.41) is 9.50. The van der Waals surface area contributed by atoms with E-state index >= 15 is 0 Å². The normalized spacial score (nSPS) is 12.3. The second kappa shape index (κ2) is 38.3. The van der Waals surface area contributed by atoms with Gasteiger partial charge in [0.15, 0.2) is 0 Å². The third kappa shape index (κ3) is 35.6. The van der Waals surface area contributed by atoms with Crippen molar-refractivity contribution in [3.05, 3.63) is 12.2 Å². The van der Waals surface area contributed by atoms with Gasteiger partial charge in [-0.2, -0.15) is 0 Å². The summed E-state index contributed by atoms with van der Waals surface area (Å²) in [7, 11) is 0. The van der Waals surface area contributed by atoms with Gasteiger partial charge in [0.1, 0.15) is 6.10 Å². The van der Waals surface area contributed by atoms with Gasteiger partial charge in [-0.15, -0.1) is 0 Å². The van der Waals surface area contributed by atoms with Crippen molar-refractivity contribution in [3.8, 4) is 0 Å². The quantitative estimate of drug-likeness (QED) is 0.0425. The molecule has 0 radical (unpaired) electrons. The molecule has 0 aliphatic carbocycles. The van der Waals surface area contributed by atoms with Gasteiger partial charge in [0.25, 0.3) is 0 Å². The van der Waals surface area contributed by atoms with Gasteiger partial charge in [-0.1, -0.05) is 180 Å². The molecule has 44 heavy (non-hydrogen) atoms. The van der Waals surface area contributed by atoms with Crippen LogP contribution in [0.15, 0.2) is 12.2 Å². The van der Waals surface area contributed by atoms with E-state index in [4.69, 9.17) is 9.47 Å². The largest absolute Gasteiger partial charge is 0.457 e. The van der Waals surface area contributed by atoms with E-state index in [0.717, 1.165) is 19.3 Å². The predicted molar refractivity (Wildman–Crippen MR) is 191 cm³/mol. The Labute approximate surface area is 275 Å². The van der Waals surface area contributed by atoms with E-state index in [1.165, 1.54) is 173 Å². The molecule has 1 atom stereocenters. The van der Waals surface area contributed by atoms with Gasteiger partial charge in [-0.25, -0.2) is 0 Å². The highest BCUT2D eigenvalue weighted by Gasteiger charge is 2.13. The van der Waals surface area contributed by atoms with Crippen LogP contribution < -0.4 is 0 Å². The van der Waals surface area contributed by atoms with Crippen molar-refractivity contribution < 1.29 is 19.4 Å². The first-order chi connectivity index (χ1) is 21.7. The molecule has 0 saturated heterocycles. The van der Waals surface area contributed by atoms with Gasteiger partial charge in [0.2, 0.25) is 0 Å². The smallest absolute Gasteiger partial charge is 0.306 e. The first kappa shape index (κ1) is 43.1. The van der Waals surface area contributed by atoms with Crippen LogP contribution in [-0.4, -0.2) is 37.0 Å². The van der Waals surface area contributed by atoms with Crippen molar-refractivity contribution >= 4 is 5.97 Å². The molecular formula is C40H78O4. The molecule has 0 heterocycles. The van der Waals surface area contributed by atoms with Crippen molar-refractivity contribution in [2.75, 3.05) is 19.8 Å². The Balaban J connectivity index is 3.33. The minimum atomic E-state index is -0.525. The Morgan fingerprint density at radius 3 is 1.30 bits per heavy atom. The number of allylic oxidation sites excluding steroid dienone is 2. The molecule has 0 rings (SSSR count). The number of hydrogen-bond donors (Lipinski definition) is 1. The minimum absolute atomic E-state index is 0.167. The molecule has 0 aliphatic heterocycles. The van der Waals surface area contributed by atoms with Crippen molar-refractivity contribution in [3.63, 3.8) is 0 Å². The number of ether oxygens (including phenoxy) is 2. The molecule has 0 amide bonds. The van der Waals surface area contributed by atoms with E-state index in [-0.39, 0.29) is 12.6 Å². The summed E-state index contributed by atoms with van der Waals surface area (Å²) in [5.41, 5.74) is 0. The molecule has 0 aromatic heterocycles. The Morgan fingerprint density at radius 1 is 0.523 bits per heavy atom. The van der Waals surface area contributed by atoms with Crippen LogP contribution in [0.3, 0.4) is 0 Å². The Morgan fingerprint density at radius 2 is 0.886 bits per heavy atom. The summed E-state index contributed by atoms with van der Waals surface area (Å²) in [4.78, 5) is 12.1. The van der Waals surface area contributed by atoms with Crippen LogP contribution in [0.1, 0.15) is 213 Å². The Hall–Kier alpha value is -0.870. The predicted octanol–water partition coefficient (Wildman–Crippen LogP) is 12.6. The zero-order chi connectivity index (χ0) is 32.0. The fourth-order valence-electron chi connectivity index (χ4n) is 5.85. The maximum atomic E-state index is 12.1. The van der Waals surface area contributed by atoms with Gasteiger partial charge >= 0.3 is 5.97 Å². The van der Waals surface area contributed by atoms with E-state index in [1.807, 2.05) is 0 Å². The van der Waals surface area contributed by atoms with Crippen molar-refractivity contribution in [2.45, 2.75) is 219 Å². The summed E-state index contributed by atoms with van der Waals surface area (Å²) < 4.78 is 11.0. The molecule has 1 N–H and O–H groups in total. The third-order valence-electron chi connectivity index (χ3n) is 8.84. The van der Waals surface area contributed by atoms with Gasteiger partial charge in [-0.05, 0) is 38.5 Å². The number of aliphatic hydroxyl groups is 1. The summed E-state index contributed by atoms with van der Waals surface area (Å²) in [6.45, 7) is 5.34. The highest BCUT2D eigenvalue weighted by molar-refractivity contribution is 5.69. The van der Waals surface area contributed by atoms with Crippen LogP contribution in [0.25, 0.3) is 0 Å². The van der Waals surface area contributed by atoms with Gasteiger partial charge in [0, 0.05) is 13.0 Å². The molecule has 0 fully saturated rings. The summed E-state index contributed by atoms with van der Waals surface area (Å²) in [6, 6.07) is 0. The van der Waals surface area contributed by atoms with E-state index in [2.05, 4.69) is 26.0 Å². The average Bonchev–Trinajstić information content (AvgIpc) is 3.03. The average molecular weight is 623 g/mol. The standard InChI is InChI=1S/C40H78O4/c1-3-5-7-9-11-12-13-14-15-16-17-18-19-20-21-22-23-24-25-26-27-28-29-31-33-35-40(42)44-39(37-41)38-43-36-34-32-30-10-8-6-4-2/h16-17,39,41H,3-15,18-38H2,1-2H3/b17-16-. The second-order valence-electron chi connectivity index (χ2n) is 13.4. The molecule has 0 spiro atoms. The molecule has 262 valence electrons. The van der Waals surface area contributed by atoms with Gasteiger partial charge in [0.05, 0.1) is 13.2 Å². The molecule has 0 aromatic carbocycles. The number of rotatable bonds is 37. The van der Waals surface area contributed by atoms with Crippen molar-refractivity contribution in [2.24, 2.45) is 0 Å². The van der Waals surface area contributed by atoms with Gasteiger partial charge in [-0.3, -0.25) is 4.79 Å². The van der Waals surface area contributed by atoms with Crippen LogP contribution in [0, 0.1) is 0 Å². The number of esters is 1. The zero-order valence-corrected chi connectivity index (χ0v) is 29.9. The molecule has 4 nitrogen and oxygen atoms in total. The molecule has 0 bridgehead atoms. The Kier molecular flexibility index (Phi) is 37.6. The van der Waals surface area contributed by atoms with Crippen LogP contribution in [0.4, 0.5) is 0 Å². The molecule has 4 heteroatoms. The van der Waals surface area contributed by atoms with E-state index < -0.39 is 6.10 Å². The SMILES string of the molecule is CCCCCCCCCC/C=C\CCCCCCCCCCCCCCCC(=O)OC(CO)COCCCCCCCCC. The van der Waals surface area contributed by atoms with Crippen LogP contribution >= 0.6 is 0 Å². The van der Waals surface area contributed by atoms with E-state index in [0.29, 0.717) is 19.6 Å². The maximum absolute atomic E-state index is 12.1. The number of hydrogen-bond acceptors (Lipinski definition) is 4. The highest BCUT2D eigenvalue weighted by Crippen LogP contribution is 2.15. The minimum Gasteiger partial charge on any atom is -0.457 e. The van der Waals surface area contributed by atoms with E-state index in [9.17, 15) is 9.90 Å². The van der Waals surface area contributed by atoms with Crippen LogP contribution in [0.5, 0.6) is 0 Å². The number of carbonyl (C=O) groups is 1. The van der Waals surface area contributed by atoms with Crippen molar-refractivity contribution in [1.29, 1.82) is 0 Å². The second-order valence-corrected chi connectivity index (χ2v) is 13.4. The number of unbranched alkanes of at least 4 members (excludes halogenated alkanes) is 27. The van der Waals surface area contributed by atoms with Gasteiger partial charge < -0.3 is 14.6 Å². The Bertz CT molecular complexity index is 576. The van der Waals surface area contributed by atoms with Crippen molar-refractivity contribution in [1.82, 2.24) is 0 Å². The first-order valence-corrected chi connectivity index (χ1v) is 19.8. The summed E-state index contributed by atoms with van der Waals surface area (Å²) >= 11 is 0. The van der Waals surface area contributed by atoms with E-state index in [1.54, 1.807) is 0 Å². The molecule has 0 aliphatic rings. The summed E-state index contributed by atoms with van der Waals surface area (Å²) in [6.07, 6.45) is 44.2. The lowest BCUT2D eigenvalue weighted by Crippen LogP contribution is -2.27. The topological polar surface area (TPSA) is 55.8 Å². The van der Waals surface area contributed by atoms with Crippen LogP contribution in [0.2, 0.25) is 0 Å². The fraction of sp³-hybridized carbons (Fsp3) is 0.925. The monoisotopic (exact) mass is 623 g/mol. The summed E-state index contributed by atoms with van der Waals surface area (Å²) in [5.74, 6) is -0.200. The third-order valence-corrected chi connectivity index (χ3v) is 8.84. The molecule has 1 unspecified atom stereocenters. The number of carbonyl (C=O) groups excluding carboxylic acids is 1. The maximum Gasteiger partial charge on any atom is 0.306 e. The molecule has 0 saturated carbocycles. The lowest BCUT2D eigenvalue weighted by molar-refractivity contribution is -0.154.